The second kappa shape index (κ2) is 7.33. The van der Waals surface area contributed by atoms with Crippen LogP contribution in [0.4, 0.5) is 0 Å². The lowest BCUT2D eigenvalue weighted by atomic mass is 9.96. The number of benzene rings is 2. The van der Waals surface area contributed by atoms with Gasteiger partial charge in [-0.2, -0.15) is 5.26 Å². The van der Waals surface area contributed by atoms with Gasteiger partial charge in [0.2, 0.25) is 5.78 Å². The van der Waals surface area contributed by atoms with Gasteiger partial charge in [-0.1, -0.05) is 48.0 Å². The molecule has 0 aliphatic carbocycles. The Morgan fingerprint density at radius 1 is 1.00 bits per heavy atom. The highest BCUT2D eigenvalue weighted by molar-refractivity contribution is 6.30. The van der Waals surface area contributed by atoms with Gasteiger partial charge in [-0.05, 0) is 42.5 Å². The number of allylic oxidation sites excluding steroid dienone is 2. The van der Waals surface area contributed by atoms with Crippen LogP contribution in [0.3, 0.4) is 0 Å². The maximum absolute atomic E-state index is 12.6. The normalized spacial score (nSPS) is 16.0. The quantitative estimate of drug-likeness (QED) is 0.500. The van der Waals surface area contributed by atoms with Crippen LogP contribution in [0.25, 0.3) is 11.1 Å². The number of piperidine rings is 1. The first-order chi connectivity index (χ1) is 11.7. The largest absolute Gasteiger partial charge is 0.387 e. The molecule has 3 nitrogen and oxygen atoms in total. The van der Waals surface area contributed by atoms with Gasteiger partial charge in [-0.25, -0.2) is 0 Å². The molecule has 1 aliphatic heterocycles. The molecule has 0 saturated carbocycles. The molecule has 2 aromatic carbocycles. The Bertz CT molecular complexity index is 806. The molecule has 1 heterocycles. The number of ketones is 1. The summed E-state index contributed by atoms with van der Waals surface area (Å²) in [5.41, 5.74) is 3.57. The van der Waals surface area contributed by atoms with E-state index in [-0.39, 0.29) is 11.4 Å². The van der Waals surface area contributed by atoms with Crippen LogP contribution in [0.15, 0.2) is 59.8 Å². The van der Waals surface area contributed by atoms with Crippen molar-refractivity contribution in [3.05, 3.63) is 70.4 Å². The number of halogens is 1. The van der Waals surface area contributed by atoms with Crippen molar-refractivity contribution in [1.82, 2.24) is 5.32 Å². The molecule has 1 N–H and O–H groups in total. The van der Waals surface area contributed by atoms with E-state index in [1.54, 1.807) is 12.1 Å². The van der Waals surface area contributed by atoms with Gasteiger partial charge in [0.1, 0.15) is 11.6 Å². The molecule has 2 aromatic rings. The summed E-state index contributed by atoms with van der Waals surface area (Å²) in [6.45, 7) is 0.823. The number of nitrogens with zero attached hydrogens (tertiary/aromatic N) is 1. The minimum absolute atomic E-state index is 0.218. The van der Waals surface area contributed by atoms with Gasteiger partial charge < -0.3 is 5.32 Å². The van der Waals surface area contributed by atoms with Crippen LogP contribution >= 0.6 is 11.6 Å². The zero-order valence-corrected chi connectivity index (χ0v) is 13.9. The standard InChI is InChI=1S/C20H17ClN2O/c21-17-10-8-15(9-11-17)14-4-6-16(7-5-14)20(24)18(13-22)19-3-1-2-12-23-19/h4-11,23H,1-3,12H2. The zero-order valence-electron chi connectivity index (χ0n) is 13.2. The van der Waals surface area contributed by atoms with Crippen LogP contribution in [0.1, 0.15) is 29.6 Å². The Balaban J connectivity index is 1.86. The van der Waals surface area contributed by atoms with Crippen LogP contribution in [0.5, 0.6) is 0 Å². The summed E-state index contributed by atoms with van der Waals surface area (Å²) in [6, 6.07) is 17.0. The van der Waals surface area contributed by atoms with E-state index in [1.807, 2.05) is 36.4 Å². The second-order valence-corrected chi connectivity index (χ2v) is 6.20. The first kappa shape index (κ1) is 16.3. The lowest BCUT2D eigenvalue weighted by molar-refractivity contribution is 0.103. The van der Waals surface area contributed by atoms with Crippen molar-refractivity contribution in [3.8, 4) is 17.2 Å². The lowest BCUT2D eigenvalue weighted by Gasteiger charge is -2.18. The summed E-state index contributed by atoms with van der Waals surface area (Å²) in [7, 11) is 0. The summed E-state index contributed by atoms with van der Waals surface area (Å²) in [5, 5.41) is 13.3. The number of hydrogen-bond donors (Lipinski definition) is 1. The molecule has 0 radical (unpaired) electrons. The molecule has 0 spiro atoms. The highest BCUT2D eigenvalue weighted by Gasteiger charge is 2.18. The predicted molar refractivity (Wildman–Crippen MR) is 95.7 cm³/mol. The van der Waals surface area contributed by atoms with Crippen molar-refractivity contribution in [2.24, 2.45) is 0 Å². The van der Waals surface area contributed by atoms with Crippen molar-refractivity contribution in [1.29, 1.82) is 5.26 Å². The van der Waals surface area contributed by atoms with E-state index in [0.717, 1.165) is 42.6 Å². The molecule has 1 fully saturated rings. The summed E-state index contributed by atoms with van der Waals surface area (Å²) in [4.78, 5) is 12.6. The van der Waals surface area contributed by atoms with E-state index in [0.29, 0.717) is 10.6 Å². The fourth-order valence-electron chi connectivity index (χ4n) is 2.82. The van der Waals surface area contributed by atoms with Crippen molar-refractivity contribution < 1.29 is 4.79 Å². The molecule has 3 rings (SSSR count). The average molecular weight is 337 g/mol. The summed E-state index contributed by atoms with van der Waals surface area (Å²) < 4.78 is 0. The fourth-order valence-corrected chi connectivity index (χ4v) is 2.95. The van der Waals surface area contributed by atoms with Gasteiger partial charge in [-0.15, -0.1) is 0 Å². The monoisotopic (exact) mass is 336 g/mol. The number of carbonyl (C=O) groups is 1. The third-order valence-corrected chi connectivity index (χ3v) is 4.41. The summed E-state index contributed by atoms with van der Waals surface area (Å²) in [6.07, 6.45) is 2.85. The molecule has 1 saturated heterocycles. The number of nitriles is 1. The summed E-state index contributed by atoms with van der Waals surface area (Å²) in [5.74, 6) is -0.218. The van der Waals surface area contributed by atoms with Crippen molar-refractivity contribution in [2.75, 3.05) is 6.54 Å². The van der Waals surface area contributed by atoms with Gasteiger partial charge in [-0.3, -0.25) is 4.79 Å². The van der Waals surface area contributed by atoms with Crippen LogP contribution < -0.4 is 5.32 Å². The van der Waals surface area contributed by atoms with Crippen molar-refractivity contribution in [2.45, 2.75) is 19.3 Å². The van der Waals surface area contributed by atoms with Gasteiger partial charge in [0.05, 0.1) is 0 Å². The maximum atomic E-state index is 12.6. The predicted octanol–water partition coefficient (Wildman–Crippen LogP) is 4.74. The smallest absolute Gasteiger partial charge is 0.205 e. The second-order valence-electron chi connectivity index (χ2n) is 5.76. The van der Waals surface area contributed by atoms with E-state index < -0.39 is 0 Å². The molecular weight excluding hydrogens is 320 g/mol. The summed E-state index contributed by atoms with van der Waals surface area (Å²) >= 11 is 5.90. The van der Waals surface area contributed by atoms with Gasteiger partial charge in [0.25, 0.3) is 0 Å². The molecule has 0 unspecified atom stereocenters. The Labute approximate surface area is 146 Å². The molecule has 4 heteroatoms. The Kier molecular flexibility index (Phi) is 4.98. The van der Waals surface area contributed by atoms with E-state index in [2.05, 4.69) is 11.4 Å². The molecule has 1 aliphatic rings. The van der Waals surface area contributed by atoms with Crippen LogP contribution in [-0.2, 0) is 0 Å². The fraction of sp³-hybridized carbons (Fsp3) is 0.200. The SMILES string of the molecule is N#CC(C(=O)c1ccc(-c2ccc(Cl)cc2)cc1)=C1CCCCN1. The van der Waals surface area contributed by atoms with E-state index in [4.69, 9.17) is 11.6 Å². The van der Waals surface area contributed by atoms with Gasteiger partial charge in [0, 0.05) is 22.8 Å². The highest BCUT2D eigenvalue weighted by atomic mass is 35.5. The minimum Gasteiger partial charge on any atom is -0.387 e. The Hall–Kier alpha value is -2.57. The minimum atomic E-state index is -0.218. The molecule has 0 atom stereocenters. The lowest BCUT2D eigenvalue weighted by Crippen LogP contribution is -2.23. The number of nitrogens with one attached hydrogen (secondary N) is 1. The Morgan fingerprint density at radius 3 is 2.17 bits per heavy atom. The number of carbonyl (C=O) groups excluding carboxylic acids is 1. The van der Waals surface area contributed by atoms with Crippen molar-refractivity contribution >= 4 is 17.4 Å². The van der Waals surface area contributed by atoms with Gasteiger partial charge >= 0.3 is 0 Å². The molecule has 0 aromatic heterocycles. The maximum Gasteiger partial charge on any atom is 0.205 e. The number of rotatable bonds is 3. The Morgan fingerprint density at radius 2 is 1.62 bits per heavy atom. The van der Waals surface area contributed by atoms with Crippen molar-refractivity contribution in [3.63, 3.8) is 0 Å². The third kappa shape index (κ3) is 3.50. The molecule has 0 bridgehead atoms. The van der Waals surface area contributed by atoms with Crippen LogP contribution in [0.2, 0.25) is 5.02 Å². The van der Waals surface area contributed by atoms with Crippen LogP contribution in [0, 0.1) is 11.3 Å². The number of hydrogen-bond acceptors (Lipinski definition) is 3. The van der Waals surface area contributed by atoms with Crippen LogP contribution in [-0.4, -0.2) is 12.3 Å². The molecule has 24 heavy (non-hydrogen) atoms. The average Bonchev–Trinajstić information content (AvgIpc) is 2.64. The molecule has 120 valence electrons. The first-order valence-electron chi connectivity index (χ1n) is 7.97. The molecule has 0 amide bonds. The van der Waals surface area contributed by atoms with E-state index in [9.17, 15) is 10.1 Å². The molecular formula is C20H17ClN2O. The number of Topliss-reactive ketones (excluding diaryl/α,β-unsaturated/α-hetero) is 1. The topological polar surface area (TPSA) is 52.9 Å². The van der Waals surface area contributed by atoms with E-state index >= 15 is 0 Å². The van der Waals surface area contributed by atoms with E-state index in [1.165, 1.54) is 0 Å². The third-order valence-electron chi connectivity index (χ3n) is 4.16. The highest BCUT2D eigenvalue weighted by Crippen LogP contribution is 2.23. The first-order valence-corrected chi connectivity index (χ1v) is 8.34. The van der Waals surface area contributed by atoms with Gasteiger partial charge in [0.15, 0.2) is 0 Å². The zero-order chi connectivity index (χ0) is 16.9.